The van der Waals surface area contributed by atoms with Gasteiger partial charge in [0.05, 0.1) is 19.8 Å². The number of hydrogen-bond donors (Lipinski definition) is 2. The molecule has 0 spiro atoms. The Bertz CT molecular complexity index is 1650. The van der Waals surface area contributed by atoms with Crippen LogP contribution in [0.1, 0.15) is 162 Å². The summed E-state index contributed by atoms with van der Waals surface area (Å²) in [5.41, 5.74) is 0. The number of allylic oxidation sites excluding steroid dienone is 22. The first-order valence-electron chi connectivity index (χ1n) is 25.1. The van der Waals surface area contributed by atoms with Crippen molar-refractivity contribution >= 4 is 25.7 Å². The van der Waals surface area contributed by atoms with E-state index in [-0.39, 0.29) is 19.3 Å². The number of rotatable bonds is 44. The molecule has 0 aliphatic carbocycles. The average Bonchev–Trinajstić information content (AvgIpc) is 3.32. The molecule has 0 aliphatic heterocycles. The average molecular weight is 967 g/mol. The molecule has 0 aromatic carbocycles. The third-order valence-electron chi connectivity index (χ3n) is 9.58. The Balaban J connectivity index is 4.95. The highest BCUT2D eigenvalue weighted by Crippen LogP contribution is 2.43. The van der Waals surface area contributed by atoms with Crippen molar-refractivity contribution in [2.24, 2.45) is 0 Å². The first-order chi connectivity index (χ1) is 33.2. The molecule has 0 fully saturated rings. The molecule has 0 saturated carbocycles. The first-order valence-corrected chi connectivity index (χ1v) is 26.6. The molecule has 0 bridgehead atoms. The summed E-state index contributed by atoms with van der Waals surface area (Å²) in [5.74, 6) is -1.69. The second-order valence-corrected chi connectivity index (χ2v) is 17.3. The van der Waals surface area contributed by atoms with Gasteiger partial charge in [0.1, 0.15) is 12.7 Å². The van der Waals surface area contributed by atoms with E-state index in [9.17, 15) is 28.9 Å². The lowest BCUT2D eigenvalue weighted by Crippen LogP contribution is -2.30. The SMILES string of the molecule is CC/C=C\C/C=C\C/C=C\C/C=C\CCC(=O)OCC(COP(=O)(O)OCC(CO)OC(=O)CC/C=C\C/C=C\C/C=C\C/C=C\CC)OC(=O)CCCCCCC/C=C\C/C=C\C/C=C\CC. The highest BCUT2D eigenvalue weighted by atomic mass is 31.2. The van der Waals surface area contributed by atoms with E-state index < -0.39 is 64.4 Å². The van der Waals surface area contributed by atoms with Crippen LogP contribution in [0.15, 0.2) is 134 Å². The third-order valence-corrected chi connectivity index (χ3v) is 10.5. The van der Waals surface area contributed by atoms with E-state index in [1.807, 2.05) is 30.4 Å². The molecule has 12 heteroatoms. The van der Waals surface area contributed by atoms with Crippen LogP contribution in [0.4, 0.5) is 0 Å². The molecule has 2 N–H and O–H groups in total. The Kier molecular flexibility index (Phi) is 45.9. The fraction of sp³-hybridized carbons (Fsp3) is 0.554. The number of ether oxygens (including phenoxy) is 3. The van der Waals surface area contributed by atoms with Gasteiger partial charge in [-0.25, -0.2) is 4.57 Å². The molecule has 11 nitrogen and oxygen atoms in total. The Morgan fingerprint density at radius 3 is 1.19 bits per heavy atom. The predicted molar refractivity (Wildman–Crippen MR) is 279 cm³/mol. The van der Waals surface area contributed by atoms with Gasteiger partial charge in [0.25, 0.3) is 0 Å². The maximum atomic E-state index is 12.8. The van der Waals surface area contributed by atoms with E-state index in [0.29, 0.717) is 19.3 Å². The van der Waals surface area contributed by atoms with Gasteiger partial charge in [-0.15, -0.1) is 0 Å². The van der Waals surface area contributed by atoms with Gasteiger partial charge < -0.3 is 24.2 Å². The Morgan fingerprint density at radius 1 is 0.412 bits per heavy atom. The summed E-state index contributed by atoms with van der Waals surface area (Å²) in [6.45, 7) is 4.06. The lowest BCUT2D eigenvalue weighted by Gasteiger charge is -2.21. The van der Waals surface area contributed by atoms with Crippen LogP contribution in [0.25, 0.3) is 0 Å². The van der Waals surface area contributed by atoms with Crippen LogP contribution in [0.5, 0.6) is 0 Å². The van der Waals surface area contributed by atoms with Gasteiger partial charge in [-0.3, -0.25) is 23.4 Å². The van der Waals surface area contributed by atoms with Gasteiger partial charge >= 0.3 is 25.7 Å². The molecule has 0 saturated heterocycles. The van der Waals surface area contributed by atoms with E-state index in [1.54, 1.807) is 0 Å². The normalized spacial score (nSPS) is 14.6. The number of phosphoric acid groups is 1. The smallest absolute Gasteiger partial charge is 0.462 e. The Morgan fingerprint density at radius 2 is 0.750 bits per heavy atom. The van der Waals surface area contributed by atoms with E-state index in [0.717, 1.165) is 103 Å². The number of unbranched alkanes of at least 4 members (excludes halogenated alkanes) is 5. The van der Waals surface area contributed by atoms with Crippen LogP contribution < -0.4 is 0 Å². The standard InChI is InChI=1S/C56H87O11P/c1-4-7-10-13-16-19-22-25-26-29-32-35-38-41-44-47-56(60)67-53(49-63-54(58)45-42-39-36-33-30-27-23-20-17-14-11-8-5-2)51-65-68(61,62)64-50-52(48-57)66-55(59)46-43-40-37-34-31-28-24-21-18-15-12-9-6-3/h7-12,16-21,25-28,30-31,36-37,39-40,52-53,57H,4-6,13-15,22-24,29,32-35,38,41-51H2,1-3H3,(H,61,62)/b10-7-,11-8-,12-9-,19-16-,20-17-,21-18-,26-25-,30-27-,31-28-,39-36-,40-37-. The summed E-state index contributed by atoms with van der Waals surface area (Å²) >= 11 is 0. The summed E-state index contributed by atoms with van der Waals surface area (Å²) in [4.78, 5) is 48.2. The Hall–Kier alpha value is -4.38. The van der Waals surface area contributed by atoms with Crippen molar-refractivity contribution in [3.8, 4) is 0 Å². The number of phosphoric ester groups is 1. The van der Waals surface area contributed by atoms with Crippen LogP contribution in [0, 0.1) is 0 Å². The minimum atomic E-state index is -4.79. The molecule has 0 aromatic rings. The molecule has 0 rings (SSSR count). The number of aliphatic hydroxyl groups excluding tert-OH is 1. The highest BCUT2D eigenvalue weighted by Gasteiger charge is 2.28. The number of aliphatic hydroxyl groups is 1. The molecule has 0 aliphatic rings. The number of esters is 3. The fourth-order valence-corrected chi connectivity index (χ4v) is 6.65. The maximum absolute atomic E-state index is 12.8. The molecule has 3 atom stereocenters. The zero-order valence-corrected chi connectivity index (χ0v) is 42.7. The van der Waals surface area contributed by atoms with Crippen LogP contribution in [-0.4, -0.2) is 66.5 Å². The Labute approximate surface area is 410 Å². The van der Waals surface area contributed by atoms with E-state index in [2.05, 4.69) is 124 Å². The van der Waals surface area contributed by atoms with Crippen LogP contribution >= 0.6 is 7.82 Å². The first kappa shape index (κ1) is 63.6. The summed E-state index contributed by atoms with van der Waals surface area (Å²) in [7, 11) is -4.79. The third kappa shape index (κ3) is 46.7. The second-order valence-electron chi connectivity index (χ2n) is 15.8. The fourth-order valence-electron chi connectivity index (χ4n) is 5.87. The topological polar surface area (TPSA) is 155 Å². The molecule has 0 radical (unpaired) electrons. The number of carbonyl (C=O) groups is 3. The van der Waals surface area contributed by atoms with Gasteiger partial charge in [0, 0.05) is 19.3 Å². The summed E-state index contributed by atoms with van der Waals surface area (Å²) in [6.07, 6.45) is 60.3. The van der Waals surface area contributed by atoms with Crippen molar-refractivity contribution in [1.29, 1.82) is 0 Å². The molecule has 3 unspecified atom stereocenters. The quantitative estimate of drug-likeness (QED) is 0.0197. The molecule has 0 amide bonds. The molecule has 68 heavy (non-hydrogen) atoms. The lowest BCUT2D eigenvalue weighted by atomic mass is 10.1. The monoisotopic (exact) mass is 967 g/mol. The van der Waals surface area contributed by atoms with E-state index >= 15 is 0 Å². The minimum absolute atomic E-state index is 0.0426. The van der Waals surface area contributed by atoms with Crippen molar-refractivity contribution in [2.75, 3.05) is 26.4 Å². The summed E-state index contributed by atoms with van der Waals surface area (Å²) in [6, 6.07) is 0. The van der Waals surface area contributed by atoms with E-state index in [1.165, 1.54) is 0 Å². The van der Waals surface area contributed by atoms with Crippen molar-refractivity contribution in [2.45, 2.75) is 174 Å². The van der Waals surface area contributed by atoms with Crippen LogP contribution in [0.2, 0.25) is 0 Å². The molecule has 0 aromatic heterocycles. The van der Waals surface area contributed by atoms with E-state index in [4.69, 9.17) is 23.3 Å². The van der Waals surface area contributed by atoms with Crippen molar-refractivity contribution in [3.63, 3.8) is 0 Å². The maximum Gasteiger partial charge on any atom is 0.472 e. The lowest BCUT2D eigenvalue weighted by molar-refractivity contribution is -0.161. The summed E-state index contributed by atoms with van der Waals surface area (Å²) in [5, 5.41) is 9.75. The van der Waals surface area contributed by atoms with Gasteiger partial charge in [-0.2, -0.15) is 0 Å². The van der Waals surface area contributed by atoms with Crippen molar-refractivity contribution < 1.29 is 52.2 Å². The zero-order valence-electron chi connectivity index (χ0n) is 41.8. The van der Waals surface area contributed by atoms with Gasteiger partial charge in [0.15, 0.2) is 6.10 Å². The zero-order chi connectivity index (χ0) is 49.9. The second kappa shape index (κ2) is 49.1. The van der Waals surface area contributed by atoms with Crippen molar-refractivity contribution in [1.82, 2.24) is 0 Å². The largest absolute Gasteiger partial charge is 0.472 e. The van der Waals surface area contributed by atoms with Crippen LogP contribution in [-0.2, 0) is 42.2 Å². The summed E-state index contributed by atoms with van der Waals surface area (Å²) < 4.78 is 39.1. The number of hydrogen-bond acceptors (Lipinski definition) is 10. The molecule has 382 valence electrons. The highest BCUT2D eigenvalue weighted by molar-refractivity contribution is 7.47. The van der Waals surface area contributed by atoms with Gasteiger partial charge in [0.2, 0.25) is 0 Å². The molecule has 0 heterocycles. The van der Waals surface area contributed by atoms with Gasteiger partial charge in [-0.05, 0) is 103 Å². The van der Waals surface area contributed by atoms with Crippen LogP contribution in [0.3, 0.4) is 0 Å². The molecular weight excluding hydrogens is 880 g/mol. The minimum Gasteiger partial charge on any atom is -0.462 e. The van der Waals surface area contributed by atoms with Gasteiger partial charge in [-0.1, -0.05) is 174 Å². The molecular formula is C56H87O11P. The number of carbonyl (C=O) groups excluding carboxylic acids is 3. The predicted octanol–water partition coefficient (Wildman–Crippen LogP) is 14.2. The van der Waals surface area contributed by atoms with Crippen molar-refractivity contribution in [3.05, 3.63) is 134 Å².